The first-order valence-corrected chi connectivity index (χ1v) is 15.4. The van der Waals surface area contributed by atoms with Crippen LogP contribution in [0.25, 0.3) is 5.57 Å². The molecule has 0 bridgehead atoms. The van der Waals surface area contributed by atoms with E-state index >= 15 is 0 Å². The number of hydrogen-bond acceptors (Lipinski definition) is 6. The first kappa shape index (κ1) is 28.2. The largest absolute Gasteiger partial charge is 0.495 e. The summed E-state index contributed by atoms with van der Waals surface area (Å²) >= 11 is 13.0. The van der Waals surface area contributed by atoms with Crippen LogP contribution in [0.15, 0.2) is 60.8 Å². The highest BCUT2D eigenvalue weighted by molar-refractivity contribution is 7.92. The summed E-state index contributed by atoms with van der Waals surface area (Å²) in [5, 5.41) is 4.51. The molecule has 0 radical (unpaired) electrons. The summed E-state index contributed by atoms with van der Waals surface area (Å²) in [4.78, 5) is 8.82. The van der Waals surface area contributed by atoms with Crippen LogP contribution in [0.4, 0.5) is 17.1 Å². The molecule has 210 valence electrons. The lowest BCUT2D eigenvalue weighted by Crippen LogP contribution is -2.42. The molecule has 2 atom stereocenters. The molecule has 1 fully saturated rings. The summed E-state index contributed by atoms with van der Waals surface area (Å²) in [6.07, 6.45) is 5.10. The minimum absolute atomic E-state index is 0.160. The van der Waals surface area contributed by atoms with E-state index in [1.165, 1.54) is 7.11 Å². The second-order valence-electron chi connectivity index (χ2n) is 10.7. The van der Waals surface area contributed by atoms with Crippen LogP contribution in [0, 0.1) is 0 Å². The average Bonchev–Trinajstić information content (AvgIpc) is 3.23. The molecule has 2 aliphatic rings. The molecule has 2 aliphatic heterocycles. The van der Waals surface area contributed by atoms with Gasteiger partial charge in [0.2, 0.25) is 10.0 Å². The molecule has 3 heterocycles. The number of allylic oxidation sites excluding steroid dienone is 1. The third-order valence-corrected chi connectivity index (χ3v) is 8.74. The van der Waals surface area contributed by atoms with Gasteiger partial charge in [0.15, 0.2) is 5.11 Å². The molecule has 11 heteroatoms. The number of rotatable bonds is 6. The Morgan fingerprint density at radius 1 is 1.18 bits per heavy atom. The first-order valence-electron chi connectivity index (χ1n) is 12.7. The van der Waals surface area contributed by atoms with Crippen LogP contribution in [0.1, 0.15) is 49.7 Å². The molecule has 40 heavy (non-hydrogen) atoms. The normalized spacial score (nSPS) is 20.1. The van der Waals surface area contributed by atoms with Gasteiger partial charge in [0.05, 0.1) is 42.4 Å². The van der Waals surface area contributed by atoms with Crippen LogP contribution in [-0.2, 0) is 10.0 Å². The Morgan fingerprint density at radius 2 is 1.93 bits per heavy atom. The molecule has 0 amide bonds. The SMILES string of the molecule is COc1ccc(N2C(=S)N[C@@H](c3ccccn3)[C@H]2c2cc3c(cc2Cl)N(C)C(C)(C)C=C3C)cc1NS(C)(=O)=O. The minimum Gasteiger partial charge on any atom is -0.495 e. The molecule has 0 aliphatic carbocycles. The summed E-state index contributed by atoms with van der Waals surface area (Å²) in [6, 6.07) is 14.5. The molecule has 0 unspecified atom stereocenters. The van der Waals surface area contributed by atoms with Gasteiger partial charge in [-0.2, -0.15) is 0 Å². The predicted molar refractivity (Wildman–Crippen MR) is 167 cm³/mol. The summed E-state index contributed by atoms with van der Waals surface area (Å²) in [5.41, 5.74) is 5.81. The van der Waals surface area contributed by atoms with Crippen molar-refractivity contribution >= 4 is 61.6 Å². The van der Waals surface area contributed by atoms with Gasteiger partial charge in [-0.05, 0) is 86.6 Å². The maximum Gasteiger partial charge on any atom is 0.229 e. The Kier molecular flexibility index (Phi) is 7.22. The second kappa shape index (κ2) is 10.2. The van der Waals surface area contributed by atoms with Gasteiger partial charge in [-0.1, -0.05) is 23.7 Å². The number of anilines is 3. The Morgan fingerprint density at radius 3 is 2.58 bits per heavy atom. The van der Waals surface area contributed by atoms with Gasteiger partial charge in [0, 0.05) is 35.2 Å². The highest BCUT2D eigenvalue weighted by Gasteiger charge is 2.43. The molecule has 2 aromatic carbocycles. The van der Waals surface area contributed by atoms with Gasteiger partial charge in [-0.15, -0.1) is 0 Å². The minimum atomic E-state index is -3.56. The van der Waals surface area contributed by atoms with E-state index in [1.54, 1.807) is 18.3 Å². The van der Waals surface area contributed by atoms with Crippen molar-refractivity contribution in [3.05, 3.63) is 82.6 Å². The highest BCUT2D eigenvalue weighted by atomic mass is 35.5. The smallest absolute Gasteiger partial charge is 0.229 e. The molecule has 5 rings (SSSR count). The van der Waals surface area contributed by atoms with E-state index in [0.29, 0.717) is 27.3 Å². The monoisotopic (exact) mass is 597 g/mol. The van der Waals surface area contributed by atoms with Crippen molar-refractivity contribution in [3.63, 3.8) is 0 Å². The van der Waals surface area contributed by atoms with Crippen LogP contribution >= 0.6 is 23.8 Å². The van der Waals surface area contributed by atoms with Crippen molar-refractivity contribution in [1.82, 2.24) is 10.3 Å². The predicted octanol–water partition coefficient (Wildman–Crippen LogP) is 5.92. The Hall–Kier alpha value is -3.34. The lowest BCUT2D eigenvalue weighted by Gasteiger charge is -2.41. The number of methoxy groups -OCH3 is 1. The third-order valence-electron chi connectivity index (χ3n) is 7.51. The zero-order valence-corrected chi connectivity index (χ0v) is 25.6. The lowest BCUT2D eigenvalue weighted by molar-refractivity contribution is 0.417. The zero-order chi connectivity index (χ0) is 29.0. The summed E-state index contributed by atoms with van der Waals surface area (Å²) < 4.78 is 32.2. The molecule has 2 N–H and O–H groups in total. The molecule has 3 aromatic rings. The molecule has 1 saturated heterocycles. The van der Waals surface area contributed by atoms with Crippen molar-refractivity contribution in [2.24, 2.45) is 0 Å². The van der Waals surface area contributed by atoms with Crippen LogP contribution in [-0.4, -0.2) is 44.5 Å². The van der Waals surface area contributed by atoms with Crippen molar-refractivity contribution in [2.75, 3.05) is 34.9 Å². The van der Waals surface area contributed by atoms with Crippen LogP contribution < -0.4 is 24.6 Å². The number of fused-ring (bicyclic) bond motifs is 1. The number of hydrogen-bond donors (Lipinski definition) is 2. The summed E-state index contributed by atoms with van der Waals surface area (Å²) in [7, 11) is 0.00171. The first-order chi connectivity index (χ1) is 18.8. The van der Waals surface area contributed by atoms with Crippen LogP contribution in [0.3, 0.4) is 0 Å². The van der Waals surface area contributed by atoms with E-state index in [2.05, 4.69) is 59.9 Å². The quantitative estimate of drug-likeness (QED) is 0.339. The maximum absolute atomic E-state index is 12.1. The fourth-order valence-electron chi connectivity index (χ4n) is 5.49. The summed E-state index contributed by atoms with van der Waals surface area (Å²) in [6.45, 7) is 6.46. The van der Waals surface area contributed by atoms with Gasteiger partial charge in [-0.3, -0.25) is 9.71 Å². The van der Waals surface area contributed by atoms with Gasteiger partial charge in [-0.25, -0.2) is 8.42 Å². The number of halogens is 1. The highest BCUT2D eigenvalue weighted by Crippen LogP contribution is 2.48. The van der Waals surface area contributed by atoms with Gasteiger partial charge < -0.3 is 19.9 Å². The average molecular weight is 598 g/mol. The van der Waals surface area contributed by atoms with E-state index in [9.17, 15) is 8.42 Å². The fraction of sp³-hybridized carbons (Fsp3) is 0.310. The molecule has 8 nitrogen and oxygen atoms in total. The molecule has 0 spiro atoms. The van der Waals surface area contributed by atoms with Gasteiger partial charge in [0.1, 0.15) is 5.75 Å². The molecule has 1 aromatic heterocycles. The van der Waals surface area contributed by atoms with Crippen LogP contribution in [0.2, 0.25) is 5.02 Å². The Bertz CT molecular complexity index is 1630. The zero-order valence-electron chi connectivity index (χ0n) is 23.2. The van der Waals surface area contributed by atoms with E-state index < -0.39 is 10.0 Å². The maximum atomic E-state index is 12.1. The van der Waals surface area contributed by atoms with Gasteiger partial charge in [0.25, 0.3) is 0 Å². The van der Waals surface area contributed by atoms with Crippen molar-refractivity contribution in [3.8, 4) is 5.75 Å². The van der Waals surface area contributed by atoms with E-state index in [4.69, 9.17) is 28.6 Å². The van der Waals surface area contributed by atoms with Crippen molar-refractivity contribution in [2.45, 2.75) is 38.4 Å². The fourth-order valence-corrected chi connectivity index (χ4v) is 6.66. The summed E-state index contributed by atoms with van der Waals surface area (Å²) in [5.74, 6) is 0.392. The van der Waals surface area contributed by atoms with Crippen LogP contribution in [0.5, 0.6) is 5.75 Å². The number of likely N-dealkylation sites (N-methyl/N-ethyl adjacent to an activating group) is 1. The topological polar surface area (TPSA) is 86.8 Å². The number of nitrogens with zero attached hydrogens (tertiary/aromatic N) is 3. The van der Waals surface area contributed by atoms with E-state index in [1.807, 2.05) is 35.2 Å². The molecular weight excluding hydrogens is 566 g/mol. The number of thiocarbonyl (C=S) groups is 1. The van der Waals surface area contributed by atoms with Crippen molar-refractivity contribution in [1.29, 1.82) is 0 Å². The lowest BCUT2D eigenvalue weighted by atomic mass is 9.86. The molecule has 0 saturated carbocycles. The Balaban J connectivity index is 1.70. The van der Waals surface area contributed by atoms with Crippen molar-refractivity contribution < 1.29 is 13.2 Å². The number of nitrogens with one attached hydrogen (secondary N) is 2. The number of pyridine rings is 1. The number of aromatic nitrogens is 1. The Labute approximate surface area is 246 Å². The van der Waals surface area contributed by atoms with E-state index in [0.717, 1.165) is 34.3 Å². The number of ether oxygens (including phenoxy) is 1. The third kappa shape index (κ3) is 5.11. The second-order valence-corrected chi connectivity index (χ2v) is 13.2. The van der Waals surface area contributed by atoms with Gasteiger partial charge >= 0.3 is 0 Å². The number of sulfonamides is 1. The number of benzene rings is 2. The standard InChI is InChI=1S/C29H32ClN5O3S2/c1-17-16-29(2,3)34(4)24-15-21(30)20(14-19(17)24)27-26(22-9-7-8-12-31-22)32-28(39)35(27)18-10-11-25(38-5)23(13-18)33-40(6,36)37/h7-16,26-27,33H,1-6H3,(H,32,39)/t26-,27+/m0/s1. The molecular formula is C29H32ClN5O3S2. The van der Waals surface area contributed by atoms with E-state index in [-0.39, 0.29) is 17.6 Å².